The first-order chi connectivity index (χ1) is 12.3. The van der Waals surface area contributed by atoms with Crippen molar-refractivity contribution in [2.45, 2.75) is 31.7 Å². The van der Waals surface area contributed by atoms with E-state index in [1.54, 1.807) is 7.11 Å². The van der Waals surface area contributed by atoms with Gasteiger partial charge in [-0.25, -0.2) is 0 Å². The Kier molecular flexibility index (Phi) is 6.07. The number of carbonyl (C=O) groups excluding carboxylic acids is 1. The number of ether oxygens (including phenoxy) is 1. The van der Waals surface area contributed by atoms with Gasteiger partial charge in [-0.3, -0.25) is 9.69 Å². The van der Waals surface area contributed by atoms with Gasteiger partial charge in [0.2, 0.25) is 5.91 Å². The number of amides is 1. The molecule has 0 aliphatic carbocycles. The fourth-order valence-corrected chi connectivity index (χ4v) is 3.47. The summed E-state index contributed by atoms with van der Waals surface area (Å²) >= 11 is 0. The van der Waals surface area contributed by atoms with E-state index in [1.807, 2.05) is 42.5 Å². The third-order valence-electron chi connectivity index (χ3n) is 4.77. The Balaban J connectivity index is 1.70. The number of para-hydroxylation sites is 1. The van der Waals surface area contributed by atoms with Gasteiger partial charge in [0.25, 0.3) is 0 Å². The fraction of sp³-hybridized carbons (Fsp3) is 0.381. The van der Waals surface area contributed by atoms with E-state index in [-0.39, 0.29) is 11.9 Å². The Morgan fingerprint density at radius 3 is 2.56 bits per heavy atom. The molecule has 1 aliphatic rings. The number of hydrogen-bond donors (Lipinski definition) is 1. The number of hydrogen-bond acceptors (Lipinski definition) is 3. The van der Waals surface area contributed by atoms with E-state index in [2.05, 4.69) is 22.3 Å². The minimum absolute atomic E-state index is 0.0478. The summed E-state index contributed by atoms with van der Waals surface area (Å²) in [5.74, 6) is 0.914. The lowest BCUT2D eigenvalue weighted by Crippen LogP contribution is -2.36. The van der Waals surface area contributed by atoms with Crippen LogP contribution in [-0.4, -0.2) is 31.0 Å². The van der Waals surface area contributed by atoms with Crippen LogP contribution in [0.3, 0.4) is 0 Å². The second kappa shape index (κ2) is 8.67. The molecule has 25 heavy (non-hydrogen) atoms. The number of anilines is 1. The molecule has 1 fully saturated rings. The molecule has 2 aromatic carbocycles. The number of methoxy groups -OCH3 is 1. The van der Waals surface area contributed by atoms with Crippen LogP contribution in [-0.2, 0) is 4.79 Å². The average Bonchev–Trinajstić information content (AvgIpc) is 2.88. The molecule has 0 spiro atoms. The molecular formula is C21H26N2O2. The summed E-state index contributed by atoms with van der Waals surface area (Å²) < 4.78 is 5.26. The zero-order valence-electron chi connectivity index (χ0n) is 14.8. The lowest BCUT2D eigenvalue weighted by atomic mass is 10.0. The highest BCUT2D eigenvalue weighted by Gasteiger charge is 2.24. The van der Waals surface area contributed by atoms with Gasteiger partial charge in [0, 0.05) is 11.7 Å². The van der Waals surface area contributed by atoms with Crippen molar-refractivity contribution in [1.29, 1.82) is 0 Å². The van der Waals surface area contributed by atoms with Crippen molar-refractivity contribution in [3.63, 3.8) is 0 Å². The molecule has 132 valence electrons. The number of carbonyl (C=O) groups is 1. The first-order valence-electron chi connectivity index (χ1n) is 8.99. The molecule has 2 aromatic rings. The van der Waals surface area contributed by atoms with Crippen LogP contribution in [0.25, 0.3) is 0 Å². The fourth-order valence-electron chi connectivity index (χ4n) is 3.47. The molecule has 1 N–H and O–H groups in total. The van der Waals surface area contributed by atoms with Gasteiger partial charge in [0.05, 0.1) is 13.7 Å². The quantitative estimate of drug-likeness (QED) is 0.886. The topological polar surface area (TPSA) is 41.6 Å². The van der Waals surface area contributed by atoms with Crippen LogP contribution in [0, 0.1) is 0 Å². The summed E-state index contributed by atoms with van der Waals surface area (Å²) in [6.45, 7) is 1.38. The highest BCUT2D eigenvalue weighted by atomic mass is 16.5. The van der Waals surface area contributed by atoms with Crippen LogP contribution in [0.4, 0.5) is 5.69 Å². The Morgan fingerprint density at radius 1 is 1.08 bits per heavy atom. The minimum Gasteiger partial charge on any atom is -0.497 e. The normalized spacial score (nSPS) is 18.4. The zero-order valence-corrected chi connectivity index (χ0v) is 14.8. The van der Waals surface area contributed by atoms with Gasteiger partial charge < -0.3 is 10.1 Å². The van der Waals surface area contributed by atoms with Crippen molar-refractivity contribution in [1.82, 2.24) is 4.90 Å². The number of likely N-dealkylation sites (tertiary alicyclic amines) is 1. The van der Waals surface area contributed by atoms with E-state index in [1.165, 1.54) is 18.4 Å². The van der Waals surface area contributed by atoms with Crippen molar-refractivity contribution in [3.8, 4) is 5.75 Å². The van der Waals surface area contributed by atoms with Crippen LogP contribution in [0.5, 0.6) is 5.75 Å². The van der Waals surface area contributed by atoms with Gasteiger partial charge in [-0.15, -0.1) is 0 Å². The molecule has 0 aromatic heterocycles. The van der Waals surface area contributed by atoms with Crippen molar-refractivity contribution >= 4 is 11.6 Å². The first kappa shape index (κ1) is 17.5. The standard InChI is InChI=1S/C21H26N2O2/c1-25-19-13-11-17(12-14-19)20-10-6-3-7-15-23(20)16-21(24)22-18-8-4-2-5-9-18/h2,4-5,8-9,11-14,20H,3,6-7,10,15-16H2,1H3,(H,22,24)/t20-/m1/s1. The number of benzene rings is 2. The molecule has 0 saturated carbocycles. The summed E-state index contributed by atoms with van der Waals surface area (Å²) in [4.78, 5) is 14.8. The van der Waals surface area contributed by atoms with Gasteiger partial charge in [-0.1, -0.05) is 43.2 Å². The Hall–Kier alpha value is -2.33. The number of nitrogens with zero attached hydrogens (tertiary/aromatic N) is 1. The van der Waals surface area contributed by atoms with Crippen LogP contribution in [0.2, 0.25) is 0 Å². The van der Waals surface area contributed by atoms with Crippen molar-refractivity contribution in [3.05, 3.63) is 60.2 Å². The predicted molar refractivity (Wildman–Crippen MR) is 101 cm³/mol. The largest absolute Gasteiger partial charge is 0.497 e. The van der Waals surface area contributed by atoms with Gasteiger partial charge in [0.15, 0.2) is 0 Å². The smallest absolute Gasteiger partial charge is 0.238 e. The maximum atomic E-state index is 12.5. The maximum absolute atomic E-state index is 12.5. The summed E-state index contributed by atoms with van der Waals surface area (Å²) in [7, 11) is 1.68. The predicted octanol–water partition coefficient (Wildman–Crippen LogP) is 4.25. The first-order valence-corrected chi connectivity index (χ1v) is 8.99. The highest BCUT2D eigenvalue weighted by Crippen LogP contribution is 2.31. The molecule has 0 bridgehead atoms. The third-order valence-corrected chi connectivity index (χ3v) is 4.77. The van der Waals surface area contributed by atoms with E-state index in [0.29, 0.717) is 6.54 Å². The van der Waals surface area contributed by atoms with Crippen LogP contribution < -0.4 is 10.1 Å². The van der Waals surface area contributed by atoms with Crippen molar-refractivity contribution in [2.75, 3.05) is 25.5 Å². The van der Waals surface area contributed by atoms with Crippen LogP contribution >= 0.6 is 0 Å². The summed E-state index contributed by atoms with van der Waals surface area (Å²) in [5.41, 5.74) is 2.11. The molecule has 1 heterocycles. The molecular weight excluding hydrogens is 312 g/mol. The molecule has 1 aliphatic heterocycles. The molecule has 4 heteroatoms. The van der Waals surface area contributed by atoms with Crippen LogP contribution in [0.15, 0.2) is 54.6 Å². The Labute approximate surface area is 149 Å². The SMILES string of the molecule is COc1ccc([C@H]2CCCCCN2CC(=O)Nc2ccccc2)cc1. The van der Waals surface area contributed by atoms with E-state index in [9.17, 15) is 4.79 Å². The molecule has 4 nitrogen and oxygen atoms in total. The lowest BCUT2D eigenvalue weighted by Gasteiger charge is -2.29. The molecule has 1 amide bonds. The van der Waals surface area contributed by atoms with E-state index in [0.717, 1.165) is 30.8 Å². The van der Waals surface area contributed by atoms with E-state index >= 15 is 0 Å². The summed E-state index contributed by atoms with van der Waals surface area (Å²) in [6.07, 6.45) is 4.66. The van der Waals surface area contributed by atoms with E-state index in [4.69, 9.17) is 4.74 Å². The zero-order chi connectivity index (χ0) is 17.5. The van der Waals surface area contributed by atoms with Gasteiger partial charge in [0.1, 0.15) is 5.75 Å². The van der Waals surface area contributed by atoms with Crippen LogP contribution in [0.1, 0.15) is 37.3 Å². The molecule has 1 atom stereocenters. The van der Waals surface area contributed by atoms with Gasteiger partial charge in [-0.05, 0) is 49.2 Å². The summed E-state index contributed by atoms with van der Waals surface area (Å²) in [6, 6.07) is 18.2. The second-order valence-electron chi connectivity index (χ2n) is 6.52. The van der Waals surface area contributed by atoms with Gasteiger partial charge in [-0.2, -0.15) is 0 Å². The minimum atomic E-state index is 0.0478. The Morgan fingerprint density at radius 2 is 1.84 bits per heavy atom. The average molecular weight is 338 g/mol. The van der Waals surface area contributed by atoms with Crippen molar-refractivity contribution < 1.29 is 9.53 Å². The molecule has 0 unspecified atom stereocenters. The lowest BCUT2D eigenvalue weighted by molar-refractivity contribution is -0.117. The Bertz CT molecular complexity index is 670. The summed E-state index contributed by atoms with van der Waals surface area (Å²) in [5, 5.41) is 3.00. The van der Waals surface area contributed by atoms with Crippen molar-refractivity contribution in [2.24, 2.45) is 0 Å². The monoisotopic (exact) mass is 338 g/mol. The van der Waals surface area contributed by atoms with E-state index < -0.39 is 0 Å². The molecule has 1 saturated heterocycles. The third kappa shape index (κ3) is 4.83. The number of nitrogens with one attached hydrogen (secondary N) is 1. The maximum Gasteiger partial charge on any atom is 0.238 e. The molecule has 3 rings (SSSR count). The highest BCUT2D eigenvalue weighted by molar-refractivity contribution is 5.92. The number of rotatable bonds is 5. The second-order valence-corrected chi connectivity index (χ2v) is 6.52. The van der Waals surface area contributed by atoms with Gasteiger partial charge >= 0.3 is 0 Å². The molecule has 0 radical (unpaired) electrons.